The van der Waals surface area contributed by atoms with Gasteiger partial charge in [0.15, 0.2) is 0 Å². The van der Waals surface area contributed by atoms with Crippen LogP contribution in [0.4, 0.5) is 11.4 Å². The Kier molecular flexibility index (Phi) is 7.14. The molecule has 0 aromatic heterocycles. The normalized spacial score (nSPS) is 13.7. The van der Waals surface area contributed by atoms with Crippen molar-refractivity contribution in [3.05, 3.63) is 93.5 Å². The first-order chi connectivity index (χ1) is 15.9. The Morgan fingerprint density at radius 2 is 1.73 bits per heavy atom. The zero-order chi connectivity index (χ0) is 23.4. The van der Waals surface area contributed by atoms with E-state index in [1.54, 1.807) is 18.2 Å². The van der Waals surface area contributed by atoms with E-state index in [-0.39, 0.29) is 17.9 Å². The molecule has 1 aliphatic heterocycles. The first-order valence-electron chi connectivity index (χ1n) is 11.3. The van der Waals surface area contributed by atoms with Gasteiger partial charge in [0, 0.05) is 40.5 Å². The first kappa shape index (κ1) is 23.1. The highest BCUT2D eigenvalue weighted by atomic mass is 79.9. The summed E-state index contributed by atoms with van der Waals surface area (Å²) in [6, 6.07) is 21.3. The summed E-state index contributed by atoms with van der Waals surface area (Å²) in [6.45, 7) is 5.63. The number of carbonyl (C=O) groups excluding carboxylic acids is 2. The molecule has 6 heteroatoms. The molecule has 0 radical (unpaired) electrons. The fourth-order valence-electron chi connectivity index (χ4n) is 3.98. The summed E-state index contributed by atoms with van der Waals surface area (Å²) >= 11 is 3.39. The molecule has 5 nitrogen and oxygen atoms in total. The number of amides is 2. The molecule has 0 saturated heterocycles. The summed E-state index contributed by atoms with van der Waals surface area (Å²) < 4.78 is 0.913. The molecule has 1 atom stereocenters. The quantitative estimate of drug-likeness (QED) is 0.445. The van der Waals surface area contributed by atoms with Crippen LogP contribution in [-0.4, -0.2) is 24.4 Å². The highest BCUT2D eigenvalue weighted by Gasteiger charge is 2.22. The first-order valence-corrected chi connectivity index (χ1v) is 12.1. The molecule has 33 heavy (non-hydrogen) atoms. The molecule has 0 saturated carbocycles. The molecule has 2 N–H and O–H groups in total. The van der Waals surface area contributed by atoms with Crippen LogP contribution >= 0.6 is 15.9 Å². The lowest BCUT2D eigenvalue weighted by atomic mass is 9.98. The molecule has 2 amide bonds. The Bertz CT molecular complexity index is 1160. The second kappa shape index (κ2) is 10.2. The van der Waals surface area contributed by atoms with E-state index in [2.05, 4.69) is 55.7 Å². The molecule has 0 fully saturated rings. The van der Waals surface area contributed by atoms with Crippen molar-refractivity contribution in [3.63, 3.8) is 0 Å². The molecule has 3 aromatic rings. The average Bonchev–Trinajstić information content (AvgIpc) is 2.84. The number of rotatable bonds is 6. The second-order valence-corrected chi connectivity index (χ2v) is 9.33. The van der Waals surface area contributed by atoms with Crippen molar-refractivity contribution in [3.8, 4) is 0 Å². The molecular weight excluding hydrogens is 478 g/mol. The number of hydrogen-bond donors (Lipinski definition) is 2. The van der Waals surface area contributed by atoms with Crippen LogP contribution in [0.1, 0.15) is 52.1 Å². The SMILES string of the molecule is CCC(C)NC(=O)c1cc(NC(=O)c2ccc(Br)cc2)ccc1N1CCc2ccccc2C1. The van der Waals surface area contributed by atoms with Gasteiger partial charge in [-0.3, -0.25) is 9.59 Å². The number of nitrogens with one attached hydrogen (secondary N) is 2. The van der Waals surface area contributed by atoms with Crippen LogP contribution in [-0.2, 0) is 13.0 Å². The van der Waals surface area contributed by atoms with Crippen molar-refractivity contribution in [1.29, 1.82) is 0 Å². The van der Waals surface area contributed by atoms with E-state index in [4.69, 9.17) is 0 Å². The molecule has 0 bridgehead atoms. The van der Waals surface area contributed by atoms with E-state index in [9.17, 15) is 9.59 Å². The maximum Gasteiger partial charge on any atom is 0.255 e. The molecule has 1 heterocycles. The standard InChI is InChI=1S/C27H28BrN3O2/c1-3-18(2)29-27(33)24-16-23(30-26(32)20-8-10-22(28)11-9-20)12-13-25(24)31-15-14-19-6-4-5-7-21(19)17-31/h4-13,16,18H,3,14-15,17H2,1-2H3,(H,29,33)(H,30,32). The van der Waals surface area contributed by atoms with E-state index in [0.29, 0.717) is 16.8 Å². The molecule has 3 aromatic carbocycles. The lowest BCUT2D eigenvalue weighted by Crippen LogP contribution is -2.35. The second-order valence-electron chi connectivity index (χ2n) is 8.42. The number of anilines is 2. The predicted octanol–water partition coefficient (Wildman–Crippen LogP) is 5.79. The highest BCUT2D eigenvalue weighted by molar-refractivity contribution is 9.10. The Balaban J connectivity index is 1.63. The minimum atomic E-state index is -0.213. The Morgan fingerprint density at radius 3 is 2.45 bits per heavy atom. The molecule has 0 spiro atoms. The van der Waals surface area contributed by atoms with Gasteiger partial charge in [-0.25, -0.2) is 0 Å². The van der Waals surface area contributed by atoms with Gasteiger partial charge >= 0.3 is 0 Å². The third-order valence-corrected chi connectivity index (χ3v) is 6.60. The third kappa shape index (κ3) is 5.45. The van der Waals surface area contributed by atoms with Gasteiger partial charge in [0.25, 0.3) is 11.8 Å². The van der Waals surface area contributed by atoms with Gasteiger partial charge in [-0.1, -0.05) is 47.1 Å². The predicted molar refractivity (Wildman–Crippen MR) is 137 cm³/mol. The molecule has 1 aliphatic rings. The van der Waals surface area contributed by atoms with E-state index in [1.165, 1.54) is 11.1 Å². The fraction of sp³-hybridized carbons (Fsp3) is 0.259. The molecular formula is C27H28BrN3O2. The number of nitrogens with zero attached hydrogens (tertiary/aromatic N) is 1. The summed E-state index contributed by atoms with van der Waals surface area (Å²) in [7, 11) is 0. The lowest BCUT2D eigenvalue weighted by molar-refractivity contribution is 0.0938. The number of hydrogen-bond acceptors (Lipinski definition) is 3. The van der Waals surface area contributed by atoms with Crippen molar-refractivity contribution in [2.45, 2.75) is 39.3 Å². The van der Waals surface area contributed by atoms with E-state index >= 15 is 0 Å². The fourth-order valence-corrected chi connectivity index (χ4v) is 4.25. The minimum Gasteiger partial charge on any atom is -0.366 e. The Morgan fingerprint density at radius 1 is 1.00 bits per heavy atom. The zero-order valence-electron chi connectivity index (χ0n) is 18.9. The van der Waals surface area contributed by atoms with Crippen molar-refractivity contribution < 1.29 is 9.59 Å². The van der Waals surface area contributed by atoms with Crippen LogP contribution in [0.5, 0.6) is 0 Å². The lowest BCUT2D eigenvalue weighted by Gasteiger charge is -2.32. The van der Waals surface area contributed by atoms with Crippen LogP contribution in [0.3, 0.4) is 0 Å². The summed E-state index contributed by atoms with van der Waals surface area (Å²) in [5.41, 5.74) is 5.25. The van der Waals surface area contributed by atoms with Crippen molar-refractivity contribution in [2.24, 2.45) is 0 Å². The van der Waals surface area contributed by atoms with Gasteiger partial charge < -0.3 is 15.5 Å². The molecule has 1 unspecified atom stereocenters. The van der Waals surface area contributed by atoms with Gasteiger partial charge in [0.2, 0.25) is 0 Å². The van der Waals surface area contributed by atoms with E-state index < -0.39 is 0 Å². The highest BCUT2D eigenvalue weighted by Crippen LogP contribution is 2.30. The van der Waals surface area contributed by atoms with Crippen molar-refractivity contribution in [2.75, 3.05) is 16.8 Å². The van der Waals surface area contributed by atoms with Gasteiger partial charge in [-0.15, -0.1) is 0 Å². The largest absolute Gasteiger partial charge is 0.366 e. The van der Waals surface area contributed by atoms with E-state index in [1.807, 2.05) is 38.1 Å². The summed E-state index contributed by atoms with van der Waals surface area (Å²) in [5.74, 6) is -0.339. The van der Waals surface area contributed by atoms with Gasteiger partial charge in [-0.2, -0.15) is 0 Å². The average molecular weight is 506 g/mol. The van der Waals surface area contributed by atoms with Crippen LogP contribution in [0.25, 0.3) is 0 Å². The number of halogens is 1. The van der Waals surface area contributed by atoms with Crippen LogP contribution < -0.4 is 15.5 Å². The number of fused-ring (bicyclic) bond motifs is 1. The van der Waals surface area contributed by atoms with Crippen LogP contribution in [0.15, 0.2) is 71.2 Å². The molecule has 170 valence electrons. The van der Waals surface area contributed by atoms with E-state index in [0.717, 1.165) is 36.1 Å². The third-order valence-electron chi connectivity index (χ3n) is 6.07. The monoisotopic (exact) mass is 505 g/mol. The minimum absolute atomic E-state index is 0.0634. The van der Waals surface area contributed by atoms with Gasteiger partial charge in [0.1, 0.15) is 0 Å². The summed E-state index contributed by atoms with van der Waals surface area (Å²) in [4.78, 5) is 28.2. The number of carbonyl (C=O) groups is 2. The maximum absolute atomic E-state index is 13.2. The molecule has 0 aliphatic carbocycles. The topological polar surface area (TPSA) is 61.4 Å². The summed E-state index contributed by atoms with van der Waals surface area (Å²) in [6.07, 6.45) is 1.78. The number of benzene rings is 3. The van der Waals surface area contributed by atoms with Crippen molar-refractivity contribution in [1.82, 2.24) is 5.32 Å². The van der Waals surface area contributed by atoms with Crippen LogP contribution in [0, 0.1) is 0 Å². The van der Waals surface area contributed by atoms with Gasteiger partial charge in [-0.05, 0) is 73.4 Å². The summed E-state index contributed by atoms with van der Waals surface area (Å²) in [5, 5.41) is 6.01. The zero-order valence-corrected chi connectivity index (χ0v) is 20.5. The Hall–Kier alpha value is -3.12. The van der Waals surface area contributed by atoms with Crippen LogP contribution in [0.2, 0.25) is 0 Å². The molecule has 4 rings (SSSR count). The van der Waals surface area contributed by atoms with Crippen molar-refractivity contribution >= 4 is 39.1 Å². The maximum atomic E-state index is 13.2. The Labute approximate surface area is 203 Å². The smallest absolute Gasteiger partial charge is 0.255 e. The van der Waals surface area contributed by atoms with Gasteiger partial charge in [0.05, 0.1) is 5.56 Å².